The van der Waals surface area contributed by atoms with Gasteiger partial charge in [-0.3, -0.25) is 0 Å². The Hall–Kier alpha value is -2.08. The predicted octanol–water partition coefficient (Wildman–Crippen LogP) is 0.664. The molecule has 0 radical (unpaired) electrons. The number of esters is 1. The lowest BCUT2D eigenvalue weighted by atomic mass is 10.3. The normalized spacial score (nSPS) is 10.6. The van der Waals surface area contributed by atoms with Crippen LogP contribution < -0.4 is 4.74 Å². The highest BCUT2D eigenvalue weighted by molar-refractivity contribution is 5.95. The molecule has 6 nitrogen and oxygen atoms in total. The summed E-state index contributed by atoms with van der Waals surface area (Å²) < 4.78 is 11.5. The van der Waals surface area contributed by atoms with Gasteiger partial charge in [-0.15, -0.1) is 0 Å². The van der Waals surface area contributed by atoms with Crippen molar-refractivity contribution in [1.29, 1.82) is 0 Å². The van der Waals surface area contributed by atoms with Crippen molar-refractivity contribution in [3.63, 3.8) is 0 Å². The van der Waals surface area contributed by atoms with Crippen LogP contribution in [0.1, 0.15) is 16.3 Å². The van der Waals surface area contributed by atoms with E-state index in [0.717, 1.165) is 0 Å². The topological polar surface area (TPSA) is 73.1 Å². The van der Waals surface area contributed by atoms with Gasteiger partial charge in [0, 0.05) is 18.7 Å². The van der Waals surface area contributed by atoms with Gasteiger partial charge in [0.1, 0.15) is 11.6 Å². The van der Waals surface area contributed by atoms with Crippen molar-refractivity contribution in [2.45, 2.75) is 6.42 Å². The zero-order valence-electron chi connectivity index (χ0n) is 10.2. The largest absolute Gasteiger partial charge is 0.497 e. The number of fused-ring (bicyclic) bond motifs is 1. The van der Waals surface area contributed by atoms with E-state index in [2.05, 4.69) is 4.98 Å². The summed E-state index contributed by atoms with van der Waals surface area (Å²) in [6.07, 6.45) is 2.11. The van der Waals surface area contributed by atoms with E-state index in [1.54, 1.807) is 29.8 Å². The van der Waals surface area contributed by atoms with Crippen molar-refractivity contribution < 1.29 is 19.4 Å². The molecular weight excluding hydrogens is 236 g/mol. The number of aromatic nitrogens is 2. The van der Waals surface area contributed by atoms with Crippen molar-refractivity contribution in [3.05, 3.63) is 29.8 Å². The number of ether oxygens (including phenoxy) is 2. The van der Waals surface area contributed by atoms with Crippen LogP contribution in [0.15, 0.2) is 18.3 Å². The molecule has 0 atom stereocenters. The first-order valence-corrected chi connectivity index (χ1v) is 5.45. The Kier molecular flexibility index (Phi) is 3.47. The Balaban J connectivity index is 2.64. The van der Waals surface area contributed by atoms with Crippen molar-refractivity contribution in [2.24, 2.45) is 0 Å². The standard InChI is InChI=1S/C12H14N2O4/c1-17-8-3-5-14-9(7-8)11(12(16)18-2)13-10(14)4-6-15/h3,5,7,15H,4,6H2,1-2H3. The summed E-state index contributed by atoms with van der Waals surface area (Å²) in [6, 6.07) is 3.47. The number of carbonyl (C=O) groups excluding carboxylic acids is 1. The molecule has 0 fully saturated rings. The smallest absolute Gasteiger partial charge is 0.358 e. The first-order valence-electron chi connectivity index (χ1n) is 5.45. The fourth-order valence-electron chi connectivity index (χ4n) is 1.78. The lowest BCUT2D eigenvalue weighted by Crippen LogP contribution is -2.02. The summed E-state index contributed by atoms with van der Waals surface area (Å²) in [6.45, 7) is -0.0360. The number of rotatable bonds is 4. The average molecular weight is 250 g/mol. The lowest BCUT2D eigenvalue weighted by Gasteiger charge is -2.02. The van der Waals surface area contributed by atoms with Gasteiger partial charge in [-0.25, -0.2) is 9.78 Å². The van der Waals surface area contributed by atoms with E-state index in [1.807, 2.05) is 0 Å². The Labute approximate surface area is 104 Å². The van der Waals surface area contributed by atoms with Crippen LogP contribution in [0.5, 0.6) is 5.75 Å². The molecule has 0 bridgehead atoms. The molecule has 2 heterocycles. The number of methoxy groups -OCH3 is 2. The number of pyridine rings is 1. The third-order valence-corrected chi connectivity index (χ3v) is 2.64. The zero-order chi connectivity index (χ0) is 13.1. The average Bonchev–Trinajstić information content (AvgIpc) is 2.76. The molecule has 2 rings (SSSR count). The van der Waals surface area contributed by atoms with Gasteiger partial charge in [0.15, 0.2) is 5.69 Å². The van der Waals surface area contributed by atoms with Crippen LogP contribution >= 0.6 is 0 Å². The summed E-state index contributed by atoms with van der Waals surface area (Å²) in [5, 5.41) is 8.99. The summed E-state index contributed by atoms with van der Waals surface area (Å²) in [4.78, 5) is 15.8. The van der Waals surface area contributed by atoms with Gasteiger partial charge in [-0.2, -0.15) is 0 Å². The molecule has 0 amide bonds. The highest BCUT2D eigenvalue weighted by Gasteiger charge is 2.18. The van der Waals surface area contributed by atoms with Gasteiger partial charge in [0.2, 0.25) is 0 Å². The van der Waals surface area contributed by atoms with E-state index in [9.17, 15) is 4.79 Å². The van der Waals surface area contributed by atoms with Crippen molar-refractivity contribution in [3.8, 4) is 5.75 Å². The molecule has 0 spiro atoms. The molecule has 0 aliphatic heterocycles. The Bertz CT molecular complexity index is 577. The van der Waals surface area contributed by atoms with Crippen LogP contribution in [0.25, 0.3) is 5.52 Å². The summed E-state index contributed by atoms with van der Waals surface area (Å²) >= 11 is 0. The van der Waals surface area contributed by atoms with Crippen molar-refractivity contribution in [1.82, 2.24) is 9.38 Å². The molecule has 18 heavy (non-hydrogen) atoms. The van der Waals surface area contributed by atoms with E-state index < -0.39 is 5.97 Å². The zero-order valence-corrected chi connectivity index (χ0v) is 10.2. The van der Waals surface area contributed by atoms with Gasteiger partial charge in [-0.1, -0.05) is 0 Å². The number of imidazole rings is 1. The molecule has 0 unspecified atom stereocenters. The van der Waals surface area contributed by atoms with Crippen molar-refractivity contribution in [2.75, 3.05) is 20.8 Å². The molecular formula is C12H14N2O4. The number of nitrogens with zero attached hydrogens (tertiary/aromatic N) is 2. The second kappa shape index (κ2) is 5.05. The summed E-state index contributed by atoms with van der Waals surface area (Å²) in [5.74, 6) is 0.726. The second-order valence-corrected chi connectivity index (χ2v) is 3.66. The molecule has 0 aromatic carbocycles. The molecule has 0 saturated heterocycles. The molecule has 1 N–H and O–H groups in total. The fourth-order valence-corrected chi connectivity index (χ4v) is 1.78. The molecule has 2 aromatic rings. The van der Waals surface area contributed by atoms with E-state index >= 15 is 0 Å². The maximum Gasteiger partial charge on any atom is 0.358 e. The van der Waals surface area contributed by atoms with Gasteiger partial charge in [0.25, 0.3) is 0 Å². The molecule has 0 saturated carbocycles. The SMILES string of the molecule is COC(=O)c1nc(CCO)n2ccc(OC)cc12. The van der Waals surface area contributed by atoms with E-state index in [-0.39, 0.29) is 12.3 Å². The third kappa shape index (κ3) is 2.02. The number of carbonyl (C=O) groups is 1. The Morgan fingerprint density at radius 2 is 2.28 bits per heavy atom. The van der Waals surface area contributed by atoms with Crippen LogP contribution in [-0.4, -0.2) is 41.3 Å². The summed E-state index contributed by atoms with van der Waals surface area (Å²) in [7, 11) is 2.86. The molecule has 0 aliphatic rings. The molecule has 2 aromatic heterocycles. The molecule has 6 heteroatoms. The monoisotopic (exact) mass is 250 g/mol. The third-order valence-electron chi connectivity index (χ3n) is 2.64. The van der Waals surface area contributed by atoms with Crippen molar-refractivity contribution >= 4 is 11.5 Å². The van der Waals surface area contributed by atoms with Gasteiger partial charge in [0.05, 0.1) is 26.3 Å². The van der Waals surface area contributed by atoms with E-state index in [0.29, 0.717) is 23.5 Å². The van der Waals surface area contributed by atoms with Gasteiger partial charge < -0.3 is 19.0 Å². The minimum atomic E-state index is -0.509. The highest BCUT2D eigenvalue weighted by atomic mass is 16.5. The number of aliphatic hydroxyl groups is 1. The maximum atomic E-state index is 11.6. The number of hydrogen-bond acceptors (Lipinski definition) is 5. The predicted molar refractivity (Wildman–Crippen MR) is 63.9 cm³/mol. The summed E-state index contributed by atoms with van der Waals surface area (Å²) in [5.41, 5.74) is 0.824. The first kappa shape index (κ1) is 12.4. The van der Waals surface area contributed by atoms with Crippen LogP contribution in [0, 0.1) is 0 Å². The van der Waals surface area contributed by atoms with E-state index in [1.165, 1.54) is 7.11 Å². The van der Waals surface area contributed by atoms with Crippen LogP contribution in [0.3, 0.4) is 0 Å². The first-order chi connectivity index (χ1) is 8.71. The minimum absolute atomic E-state index is 0.0360. The quantitative estimate of drug-likeness (QED) is 0.807. The van der Waals surface area contributed by atoms with Crippen LogP contribution in [0.2, 0.25) is 0 Å². The number of hydrogen-bond donors (Lipinski definition) is 1. The number of aliphatic hydroxyl groups excluding tert-OH is 1. The highest BCUT2D eigenvalue weighted by Crippen LogP contribution is 2.20. The van der Waals surface area contributed by atoms with Crippen LogP contribution in [-0.2, 0) is 11.2 Å². The van der Waals surface area contributed by atoms with Gasteiger partial charge >= 0.3 is 5.97 Å². The minimum Gasteiger partial charge on any atom is -0.497 e. The lowest BCUT2D eigenvalue weighted by molar-refractivity contribution is 0.0596. The Morgan fingerprint density at radius 1 is 1.50 bits per heavy atom. The second-order valence-electron chi connectivity index (χ2n) is 3.66. The Morgan fingerprint density at radius 3 is 2.89 bits per heavy atom. The maximum absolute atomic E-state index is 11.6. The fraction of sp³-hybridized carbons (Fsp3) is 0.333. The van der Waals surface area contributed by atoms with E-state index in [4.69, 9.17) is 14.6 Å². The molecule has 96 valence electrons. The molecule has 0 aliphatic carbocycles. The van der Waals surface area contributed by atoms with Crippen LogP contribution in [0.4, 0.5) is 0 Å². The van der Waals surface area contributed by atoms with Gasteiger partial charge in [-0.05, 0) is 6.07 Å².